The molecule has 1 unspecified atom stereocenters. The first-order valence-electron chi connectivity index (χ1n) is 5.49. The molecule has 3 nitrogen and oxygen atoms in total. The van der Waals surface area contributed by atoms with Crippen LogP contribution in [0, 0.1) is 0 Å². The number of rotatable bonds is 4. The van der Waals surface area contributed by atoms with Crippen molar-refractivity contribution in [3.63, 3.8) is 0 Å². The second-order valence-electron chi connectivity index (χ2n) is 4.08. The smallest absolute Gasteiger partial charge is 0.304 e. The van der Waals surface area contributed by atoms with Gasteiger partial charge in [-0.1, -0.05) is 35.0 Å². The number of hydrogen-bond donors (Lipinski definition) is 1. The lowest BCUT2D eigenvalue weighted by molar-refractivity contribution is -0.137. The maximum absolute atomic E-state index is 10.7. The molecule has 0 saturated heterocycles. The van der Waals surface area contributed by atoms with Crippen LogP contribution in [0.3, 0.4) is 0 Å². The molecule has 18 heavy (non-hydrogen) atoms. The lowest BCUT2D eigenvalue weighted by Gasteiger charge is -2.03. The summed E-state index contributed by atoms with van der Waals surface area (Å²) in [5.74, 6) is -0.834. The van der Waals surface area contributed by atoms with E-state index in [2.05, 4.69) is 20.9 Å². The molecule has 1 aromatic carbocycles. The Labute approximate surface area is 118 Å². The van der Waals surface area contributed by atoms with Crippen LogP contribution in [0.4, 0.5) is 0 Å². The summed E-state index contributed by atoms with van der Waals surface area (Å²) in [5, 5.41) is 11.6. The van der Waals surface area contributed by atoms with Crippen molar-refractivity contribution in [1.29, 1.82) is 0 Å². The molecule has 0 spiro atoms. The normalized spacial score (nSPS) is 12.3. The van der Waals surface area contributed by atoms with Crippen molar-refractivity contribution in [3.8, 4) is 11.3 Å². The van der Waals surface area contributed by atoms with E-state index in [-0.39, 0.29) is 12.3 Å². The molecule has 0 fully saturated rings. The molecule has 0 saturated carbocycles. The van der Waals surface area contributed by atoms with E-state index in [1.807, 2.05) is 36.6 Å². The number of aromatic nitrogens is 1. The molecular formula is C13H12BrNO2S. The Balaban J connectivity index is 2.19. The molecule has 0 bridgehead atoms. The molecule has 1 atom stereocenters. The average molecular weight is 326 g/mol. The number of carboxylic acids is 1. The fourth-order valence-corrected chi connectivity index (χ4v) is 2.77. The fourth-order valence-electron chi connectivity index (χ4n) is 1.62. The van der Waals surface area contributed by atoms with Gasteiger partial charge in [0.25, 0.3) is 0 Å². The second-order valence-corrected chi connectivity index (χ2v) is 5.88. The third-order valence-corrected chi connectivity index (χ3v) is 4.17. The first-order valence-corrected chi connectivity index (χ1v) is 7.16. The van der Waals surface area contributed by atoms with Crippen LogP contribution < -0.4 is 0 Å². The number of benzene rings is 1. The van der Waals surface area contributed by atoms with Crippen molar-refractivity contribution < 1.29 is 9.90 Å². The van der Waals surface area contributed by atoms with Crippen LogP contribution in [0.2, 0.25) is 0 Å². The van der Waals surface area contributed by atoms with E-state index in [0.29, 0.717) is 0 Å². The Kier molecular flexibility index (Phi) is 4.14. The highest BCUT2D eigenvalue weighted by atomic mass is 79.9. The molecular weight excluding hydrogens is 314 g/mol. The number of carboxylic acid groups (broad SMARTS) is 1. The van der Waals surface area contributed by atoms with E-state index in [1.165, 1.54) is 11.3 Å². The zero-order chi connectivity index (χ0) is 13.1. The molecule has 2 aromatic rings. The molecule has 5 heteroatoms. The van der Waals surface area contributed by atoms with Crippen LogP contribution in [0.25, 0.3) is 11.3 Å². The van der Waals surface area contributed by atoms with Crippen molar-refractivity contribution in [2.75, 3.05) is 0 Å². The monoisotopic (exact) mass is 325 g/mol. The van der Waals surface area contributed by atoms with Gasteiger partial charge in [-0.3, -0.25) is 4.79 Å². The summed E-state index contributed by atoms with van der Waals surface area (Å²) in [6.07, 6.45) is 0.118. The van der Waals surface area contributed by atoms with Gasteiger partial charge in [-0.15, -0.1) is 11.3 Å². The first kappa shape index (κ1) is 13.2. The Morgan fingerprint density at radius 2 is 2.11 bits per heavy atom. The summed E-state index contributed by atoms with van der Waals surface area (Å²) in [6, 6.07) is 7.92. The van der Waals surface area contributed by atoms with Crippen LogP contribution in [-0.2, 0) is 4.79 Å². The number of halogens is 1. The lowest BCUT2D eigenvalue weighted by atomic mass is 10.1. The summed E-state index contributed by atoms with van der Waals surface area (Å²) in [7, 11) is 0. The second kappa shape index (κ2) is 5.63. The highest BCUT2D eigenvalue weighted by molar-refractivity contribution is 9.10. The van der Waals surface area contributed by atoms with Gasteiger partial charge in [0.05, 0.1) is 17.1 Å². The molecule has 2 rings (SSSR count). The molecule has 0 aliphatic rings. The van der Waals surface area contributed by atoms with Gasteiger partial charge < -0.3 is 5.11 Å². The third-order valence-electron chi connectivity index (χ3n) is 2.56. The highest BCUT2D eigenvalue weighted by Crippen LogP contribution is 2.28. The van der Waals surface area contributed by atoms with Gasteiger partial charge >= 0.3 is 5.97 Å². The van der Waals surface area contributed by atoms with Crippen molar-refractivity contribution in [2.24, 2.45) is 0 Å². The minimum atomic E-state index is -0.789. The molecule has 0 aliphatic carbocycles. The summed E-state index contributed by atoms with van der Waals surface area (Å²) in [5.41, 5.74) is 1.95. The third kappa shape index (κ3) is 3.17. The van der Waals surface area contributed by atoms with Gasteiger partial charge in [-0.2, -0.15) is 0 Å². The van der Waals surface area contributed by atoms with Gasteiger partial charge in [0, 0.05) is 21.3 Å². The van der Waals surface area contributed by atoms with Crippen LogP contribution in [-0.4, -0.2) is 16.1 Å². The number of hydrogen-bond acceptors (Lipinski definition) is 3. The quantitative estimate of drug-likeness (QED) is 0.918. The molecule has 1 heterocycles. The minimum Gasteiger partial charge on any atom is -0.481 e. The summed E-state index contributed by atoms with van der Waals surface area (Å²) < 4.78 is 1.03. The molecule has 94 valence electrons. The Hall–Kier alpha value is -1.20. The highest BCUT2D eigenvalue weighted by Gasteiger charge is 2.14. The van der Waals surface area contributed by atoms with Crippen molar-refractivity contribution >= 4 is 33.2 Å². The SMILES string of the molecule is CC(CC(=O)O)c1nc(-c2ccc(Br)cc2)cs1. The number of nitrogens with zero attached hydrogens (tertiary/aromatic N) is 1. The standard InChI is InChI=1S/C13H12BrNO2S/c1-8(6-12(16)17)13-15-11(7-18-13)9-2-4-10(14)5-3-9/h2-5,7-8H,6H2,1H3,(H,16,17). The van der Waals surface area contributed by atoms with Gasteiger partial charge in [0.1, 0.15) is 0 Å². The van der Waals surface area contributed by atoms with Gasteiger partial charge in [0.2, 0.25) is 0 Å². The van der Waals surface area contributed by atoms with Gasteiger partial charge in [-0.05, 0) is 12.1 Å². The largest absolute Gasteiger partial charge is 0.481 e. The molecule has 0 amide bonds. The van der Waals surface area contributed by atoms with Crippen molar-refractivity contribution in [2.45, 2.75) is 19.3 Å². The molecule has 1 N–H and O–H groups in total. The topological polar surface area (TPSA) is 50.2 Å². The summed E-state index contributed by atoms with van der Waals surface area (Å²) in [4.78, 5) is 15.2. The van der Waals surface area contributed by atoms with E-state index in [1.54, 1.807) is 0 Å². The van der Waals surface area contributed by atoms with E-state index in [9.17, 15) is 4.79 Å². The van der Waals surface area contributed by atoms with E-state index < -0.39 is 5.97 Å². The van der Waals surface area contributed by atoms with Crippen molar-refractivity contribution in [1.82, 2.24) is 4.98 Å². The molecule has 0 radical (unpaired) electrons. The summed E-state index contributed by atoms with van der Waals surface area (Å²) in [6.45, 7) is 1.89. The Morgan fingerprint density at radius 3 is 2.72 bits per heavy atom. The maximum atomic E-state index is 10.7. The summed E-state index contributed by atoms with van der Waals surface area (Å²) >= 11 is 4.90. The van der Waals surface area contributed by atoms with E-state index in [4.69, 9.17) is 5.11 Å². The number of carbonyl (C=O) groups is 1. The van der Waals surface area contributed by atoms with E-state index in [0.717, 1.165) is 20.7 Å². The fraction of sp³-hybridized carbons (Fsp3) is 0.231. The zero-order valence-corrected chi connectivity index (χ0v) is 12.2. The zero-order valence-electron chi connectivity index (χ0n) is 9.76. The van der Waals surface area contributed by atoms with Crippen LogP contribution in [0.15, 0.2) is 34.1 Å². The lowest BCUT2D eigenvalue weighted by Crippen LogP contribution is -2.02. The van der Waals surface area contributed by atoms with Crippen molar-refractivity contribution in [3.05, 3.63) is 39.1 Å². The van der Waals surface area contributed by atoms with Gasteiger partial charge in [0.15, 0.2) is 0 Å². The Morgan fingerprint density at radius 1 is 1.44 bits per heavy atom. The number of thiazole rings is 1. The van der Waals surface area contributed by atoms with Crippen LogP contribution >= 0.6 is 27.3 Å². The van der Waals surface area contributed by atoms with E-state index >= 15 is 0 Å². The molecule has 0 aliphatic heterocycles. The van der Waals surface area contributed by atoms with Crippen LogP contribution in [0.1, 0.15) is 24.3 Å². The Bertz CT molecular complexity index is 550. The average Bonchev–Trinajstić information content (AvgIpc) is 2.78. The molecule has 1 aromatic heterocycles. The maximum Gasteiger partial charge on any atom is 0.304 e. The minimum absolute atomic E-state index is 0.0447. The predicted molar refractivity (Wildman–Crippen MR) is 75.9 cm³/mol. The first-order chi connectivity index (χ1) is 8.56. The predicted octanol–water partition coefficient (Wildman–Crippen LogP) is 4.15. The van der Waals surface area contributed by atoms with Gasteiger partial charge in [-0.25, -0.2) is 4.98 Å². The number of aliphatic carboxylic acids is 1. The van der Waals surface area contributed by atoms with Crippen LogP contribution in [0.5, 0.6) is 0 Å².